The fourth-order valence-electron chi connectivity index (χ4n) is 10.0. The number of aromatic nitrogens is 2. The molecule has 0 spiro atoms. The average Bonchev–Trinajstić information content (AvgIpc) is 4.17. The summed E-state index contributed by atoms with van der Waals surface area (Å²) in [5, 5.41) is 8.81. The Kier molecular flexibility index (Phi) is 8.53. The predicted octanol–water partition coefficient (Wildman–Crippen LogP) is 18.5. The minimum absolute atomic E-state index is 1.01. The molecule has 14 aromatic rings. The summed E-state index contributed by atoms with van der Waals surface area (Å²) in [6.45, 7) is 0. The Balaban J connectivity index is 0.864. The number of thiophene rings is 2. The second kappa shape index (κ2) is 14.9. The van der Waals surface area contributed by atoms with Gasteiger partial charge in [-0.1, -0.05) is 146 Å². The van der Waals surface area contributed by atoms with Gasteiger partial charge in [-0.25, -0.2) is 4.98 Å². The van der Waals surface area contributed by atoms with Gasteiger partial charge in [0.15, 0.2) is 0 Å². The number of para-hydroxylation sites is 2. The fourth-order valence-corrected chi connectivity index (χ4v) is 13.3. The zero-order valence-corrected chi connectivity index (χ0v) is 37.9. The van der Waals surface area contributed by atoms with Gasteiger partial charge in [0.1, 0.15) is 5.01 Å². The summed E-state index contributed by atoms with van der Waals surface area (Å²) >= 11 is 5.50. The van der Waals surface area contributed by atoms with Gasteiger partial charge in [-0.2, -0.15) is 0 Å². The first kappa shape index (κ1) is 37.7. The molecule has 0 saturated heterocycles. The highest BCUT2D eigenvalue weighted by Gasteiger charge is 2.18. The van der Waals surface area contributed by atoms with Crippen LogP contribution in [0.4, 0.5) is 0 Å². The minimum atomic E-state index is 1.01. The Morgan fingerprint density at radius 1 is 0.303 bits per heavy atom. The molecule has 0 radical (unpaired) electrons. The number of fused-ring (bicyclic) bond motifs is 10. The largest absolute Gasteiger partial charge is 0.309 e. The lowest BCUT2D eigenvalue weighted by Crippen LogP contribution is -1.93. The summed E-state index contributed by atoms with van der Waals surface area (Å²) in [6.07, 6.45) is 0. The molecule has 5 heteroatoms. The monoisotopic (exact) mass is 892 g/mol. The molecule has 4 heterocycles. The van der Waals surface area contributed by atoms with Gasteiger partial charge in [0.2, 0.25) is 0 Å². The van der Waals surface area contributed by atoms with E-state index >= 15 is 0 Å². The first-order valence-corrected chi connectivity index (χ1v) is 24.7. The molecule has 0 amide bonds. The first-order valence-electron chi connectivity index (χ1n) is 22.3. The van der Waals surface area contributed by atoms with E-state index in [0.29, 0.717) is 0 Å². The summed E-state index contributed by atoms with van der Waals surface area (Å²) in [6, 6.07) is 80.3. The standard InChI is InChI=1S/C61H36N2S3/c1-5-13-53-47(9-1)48-10-2-6-14-54(48)63(53)44-29-25-41(26-30-44)61-62-59-45(39-21-17-37(18-22-39)42-27-33-57-51(35-42)49-11-3-7-15-55(49)64-57)31-32-46(60(59)66-61)40-23-19-38(20-24-40)43-28-34-58-52(36-43)50-12-4-8-16-56(50)65-58/h1-36H. The number of rotatable bonds is 6. The van der Waals surface area contributed by atoms with E-state index in [1.807, 2.05) is 22.7 Å². The van der Waals surface area contributed by atoms with Gasteiger partial charge in [-0.05, 0) is 106 Å². The third kappa shape index (κ3) is 6.01. The van der Waals surface area contributed by atoms with Crippen molar-refractivity contribution in [1.29, 1.82) is 0 Å². The number of hydrogen-bond donors (Lipinski definition) is 0. The van der Waals surface area contributed by atoms with E-state index in [-0.39, 0.29) is 0 Å². The molecule has 0 aliphatic rings. The fraction of sp³-hybridized carbons (Fsp3) is 0. The van der Waals surface area contributed by atoms with Crippen molar-refractivity contribution in [3.05, 3.63) is 218 Å². The van der Waals surface area contributed by atoms with Crippen LogP contribution in [0.15, 0.2) is 218 Å². The van der Waals surface area contributed by atoms with Crippen molar-refractivity contribution in [2.75, 3.05) is 0 Å². The van der Waals surface area contributed by atoms with E-state index in [4.69, 9.17) is 4.98 Å². The first-order chi connectivity index (χ1) is 32.7. The molecule has 0 atom stereocenters. The lowest BCUT2D eigenvalue weighted by molar-refractivity contribution is 1.18. The summed E-state index contributed by atoms with van der Waals surface area (Å²) in [4.78, 5) is 5.50. The Morgan fingerprint density at radius 3 is 1.29 bits per heavy atom. The van der Waals surface area contributed by atoms with E-state index in [9.17, 15) is 0 Å². The van der Waals surface area contributed by atoms with E-state index in [2.05, 4.69) is 223 Å². The molecule has 0 bridgehead atoms. The van der Waals surface area contributed by atoms with E-state index in [1.54, 1.807) is 11.3 Å². The third-order valence-corrected chi connectivity index (χ3v) is 16.7. The molecular weight excluding hydrogens is 857 g/mol. The van der Waals surface area contributed by atoms with Gasteiger partial charge < -0.3 is 4.57 Å². The van der Waals surface area contributed by atoms with Crippen LogP contribution in [0.1, 0.15) is 0 Å². The maximum atomic E-state index is 5.50. The van der Waals surface area contributed by atoms with Crippen molar-refractivity contribution in [2.45, 2.75) is 0 Å². The Hall–Kier alpha value is -7.67. The zero-order chi connectivity index (χ0) is 43.3. The number of benzene rings is 10. The minimum Gasteiger partial charge on any atom is -0.309 e. The average molecular weight is 893 g/mol. The maximum Gasteiger partial charge on any atom is 0.124 e. The van der Waals surface area contributed by atoms with Crippen LogP contribution in [0.25, 0.3) is 133 Å². The van der Waals surface area contributed by atoms with Crippen molar-refractivity contribution in [2.24, 2.45) is 0 Å². The van der Waals surface area contributed by atoms with Crippen molar-refractivity contribution in [1.82, 2.24) is 9.55 Å². The highest BCUT2D eigenvalue weighted by molar-refractivity contribution is 7.26. The second-order valence-electron chi connectivity index (χ2n) is 17.0. The summed E-state index contributed by atoms with van der Waals surface area (Å²) in [5.74, 6) is 0. The van der Waals surface area contributed by atoms with Crippen LogP contribution in [-0.4, -0.2) is 9.55 Å². The summed E-state index contributed by atoms with van der Waals surface area (Å²) in [7, 11) is 0. The quantitative estimate of drug-likeness (QED) is 0.163. The molecule has 0 N–H and O–H groups in total. The number of hydrogen-bond acceptors (Lipinski definition) is 4. The lowest BCUT2D eigenvalue weighted by Gasteiger charge is -2.10. The zero-order valence-electron chi connectivity index (χ0n) is 35.4. The van der Waals surface area contributed by atoms with Gasteiger partial charge in [0.05, 0.1) is 21.3 Å². The molecule has 0 fully saturated rings. The van der Waals surface area contributed by atoms with Crippen LogP contribution >= 0.6 is 34.0 Å². The highest BCUT2D eigenvalue weighted by Crippen LogP contribution is 2.44. The van der Waals surface area contributed by atoms with Crippen LogP contribution in [0.5, 0.6) is 0 Å². The molecule has 308 valence electrons. The molecule has 0 aliphatic heterocycles. The molecule has 14 rings (SSSR count). The van der Waals surface area contributed by atoms with Crippen molar-refractivity contribution in [3.63, 3.8) is 0 Å². The molecule has 66 heavy (non-hydrogen) atoms. The number of nitrogens with zero attached hydrogens (tertiary/aromatic N) is 2. The van der Waals surface area contributed by atoms with Crippen LogP contribution in [0.3, 0.4) is 0 Å². The molecule has 0 unspecified atom stereocenters. The Morgan fingerprint density at radius 2 is 0.727 bits per heavy atom. The molecular formula is C61H36N2S3. The smallest absolute Gasteiger partial charge is 0.124 e. The molecule has 2 nitrogen and oxygen atoms in total. The van der Waals surface area contributed by atoms with Crippen LogP contribution in [0, 0.1) is 0 Å². The highest BCUT2D eigenvalue weighted by atomic mass is 32.1. The van der Waals surface area contributed by atoms with Crippen molar-refractivity contribution >= 4 is 106 Å². The van der Waals surface area contributed by atoms with Crippen molar-refractivity contribution < 1.29 is 0 Å². The van der Waals surface area contributed by atoms with Crippen LogP contribution in [-0.2, 0) is 0 Å². The van der Waals surface area contributed by atoms with Crippen molar-refractivity contribution in [3.8, 4) is 60.8 Å². The van der Waals surface area contributed by atoms with Gasteiger partial charge >= 0.3 is 0 Å². The van der Waals surface area contributed by atoms with Crippen LogP contribution in [0.2, 0.25) is 0 Å². The molecule has 10 aromatic carbocycles. The predicted molar refractivity (Wildman–Crippen MR) is 287 cm³/mol. The normalized spacial score (nSPS) is 11.9. The molecule has 4 aromatic heterocycles. The van der Waals surface area contributed by atoms with E-state index < -0.39 is 0 Å². The van der Waals surface area contributed by atoms with E-state index in [0.717, 1.165) is 32.9 Å². The summed E-state index contributed by atoms with van der Waals surface area (Å²) in [5.41, 5.74) is 15.2. The SMILES string of the molecule is c1ccc2c(c1)sc1ccc(-c3ccc(-c4ccc(-c5ccc(-c6ccc7sc8ccccc8c7c6)cc5)c5sc(-c6ccc(-n7c8ccccc8c8ccccc87)cc6)nc45)cc3)cc12. The Bertz CT molecular complexity index is 3960. The van der Waals surface area contributed by atoms with Gasteiger partial charge in [0, 0.05) is 73.5 Å². The van der Waals surface area contributed by atoms with Gasteiger partial charge in [0.25, 0.3) is 0 Å². The molecule has 0 saturated carbocycles. The summed E-state index contributed by atoms with van der Waals surface area (Å²) < 4.78 is 8.86. The van der Waals surface area contributed by atoms with Gasteiger partial charge in [-0.3, -0.25) is 0 Å². The second-order valence-corrected chi connectivity index (χ2v) is 20.2. The molecule has 0 aliphatic carbocycles. The Labute approximate surface area is 392 Å². The lowest BCUT2D eigenvalue weighted by atomic mass is 9.95. The van der Waals surface area contributed by atoms with Crippen LogP contribution < -0.4 is 0 Å². The third-order valence-electron chi connectivity index (χ3n) is 13.3. The van der Waals surface area contributed by atoms with E-state index in [1.165, 1.54) is 100 Å². The maximum absolute atomic E-state index is 5.50. The number of thiazole rings is 1. The topological polar surface area (TPSA) is 17.8 Å². The van der Waals surface area contributed by atoms with Gasteiger partial charge in [-0.15, -0.1) is 34.0 Å².